The number of carbonyl (C=O) groups excluding carboxylic acids is 2. The topological polar surface area (TPSA) is 90.6 Å². The van der Waals surface area contributed by atoms with Crippen LogP contribution in [0.1, 0.15) is 50.6 Å². The highest BCUT2D eigenvalue weighted by Crippen LogP contribution is 2.41. The average molecular weight is 448 g/mol. The number of H-pyrrole nitrogens is 1. The van der Waals surface area contributed by atoms with Crippen LogP contribution < -0.4 is 5.32 Å². The molecule has 0 saturated heterocycles. The van der Waals surface area contributed by atoms with Gasteiger partial charge in [0, 0.05) is 18.0 Å². The van der Waals surface area contributed by atoms with E-state index < -0.39 is 11.6 Å². The maximum atomic E-state index is 13.2. The van der Waals surface area contributed by atoms with E-state index in [9.17, 15) is 9.59 Å². The van der Waals surface area contributed by atoms with Gasteiger partial charge in [-0.25, -0.2) is 4.79 Å². The van der Waals surface area contributed by atoms with Gasteiger partial charge in [0.05, 0.1) is 17.8 Å². The number of aromatic nitrogens is 2. The number of hydrogen-bond donors (Lipinski definition) is 2. The van der Waals surface area contributed by atoms with Crippen LogP contribution in [0.2, 0.25) is 0 Å². The summed E-state index contributed by atoms with van der Waals surface area (Å²) in [4.78, 5) is 29.0. The van der Waals surface area contributed by atoms with Gasteiger partial charge in [-0.15, -0.1) is 0 Å². The summed E-state index contributed by atoms with van der Waals surface area (Å²) in [6, 6.07) is 9.73. The molecular weight excluding hydrogens is 414 g/mol. The number of carbonyl (C=O) groups is 2. The number of fused-ring (bicyclic) bond motifs is 1. The lowest BCUT2D eigenvalue weighted by Gasteiger charge is -2.33. The van der Waals surface area contributed by atoms with Gasteiger partial charge in [-0.3, -0.25) is 14.8 Å². The zero-order valence-electron chi connectivity index (χ0n) is 19.0. The largest absolute Gasteiger partial charge is 0.440 e. The monoisotopic (exact) mass is 447 g/mol. The van der Waals surface area contributed by atoms with Gasteiger partial charge >= 0.3 is 6.09 Å². The molecule has 1 aromatic carbocycles. The molecule has 0 aliphatic carbocycles. The molecule has 1 aliphatic rings. The molecule has 2 aromatic rings. The van der Waals surface area contributed by atoms with Gasteiger partial charge in [-0.05, 0) is 33.5 Å². The van der Waals surface area contributed by atoms with Crippen molar-refractivity contribution in [3.05, 3.63) is 47.2 Å². The molecule has 2 amide bonds. The SMILES string of the molecule is CC(C)C(=O)Nc1n[nH]c2c1CN(C(=O)O[C@H](CN(C)C)c1ccccc1)C2(C)C.S. The number of benzene rings is 1. The van der Waals surface area contributed by atoms with E-state index in [0.717, 1.165) is 16.8 Å². The fraction of sp³-hybridized carbons (Fsp3) is 0.500. The summed E-state index contributed by atoms with van der Waals surface area (Å²) in [6.07, 6.45) is -0.789. The van der Waals surface area contributed by atoms with Crippen molar-refractivity contribution >= 4 is 31.3 Å². The van der Waals surface area contributed by atoms with Crippen LogP contribution in [-0.4, -0.2) is 52.6 Å². The Bertz CT molecular complexity index is 911. The first kappa shape index (κ1) is 24.7. The number of ether oxygens (including phenoxy) is 1. The van der Waals surface area contributed by atoms with E-state index in [2.05, 4.69) is 15.5 Å². The number of amides is 2. The molecule has 170 valence electrons. The Morgan fingerprint density at radius 1 is 1.26 bits per heavy atom. The minimum atomic E-state index is -0.639. The Labute approximate surface area is 190 Å². The van der Waals surface area contributed by atoms with Crippen LogP contribution in [0.3, 0.4) is 0 Å². The van der Waals surface area contributed by atoms with Crippen LogP contribution in [0.15, 0.2) is 30.3 Å². The standard InChI is InChI=1S/C22H31N5O3.H2S/c1-14(2)20(28)23-19-16-12-27(22(3,4)18(16)24-25-19)21(29)30-17(13-26(5)6)15-10-8-7-9-11-15;/h7-11,14,17H,12-13H2,1-6H3,(H2,23,24,25,28);1H2/t17-;/m1./s1. The third-order valence-electron chi connectivity index (χ3n) is 5.40. The second-order valence-electron chi connectivity index (χ2n) is 8.76. The number of nitrogens with one attached hydrogen (secondary N) is 2. The minimum Gasteiger partial charge on any atom is -0.440 e. The van der Waals surface area contributed by atoms with Crippen LogP contribution in [0, 0.1) is 5.92 Å². The highest BCUT2D eigenvalue weighted by molar-refractivity contribution is 7.59. The van der Waals surface area contributed by atoms with Gasteiger partial charge in [0.1, 0.15) is 6.10 Å². The molecule has 0 spiro atoms. The number of hydrogen-bond acceptors (Lipinski definition) is 5. The number of nitrogens with zero attached hydrogens (tertiary/aromatic N) is 3. The Morgan fingerprint density at radius 3 is 2.48 bits per heavy atom. The Kier molecular flexibility index (Phi) is 7.77. The van der Waals surface area contributed by atoms with E-state index in [0.29, 0.717) is 18.9 Å². The Balaban J connectivity index is 0.00000341. The lowest BCUT2D eigenvalue weighted by atomic mass is 10.0. The summed E-state index contributed by atoms with van der Waals surface area (Å²) in [5, 5.41) is 10.1. The first-order valence-corrected chi connectivity index (χ1v) is 10.2. The molecule has 0 unspecified atom stereocenters. The minimum absolute atomic E-state index is 0. The van der Waals surface area contributed by atoms with Crippen molar-refractivity contribution in [3.8, 4) is 0 Å². The van der Waals surface area contributed by atoms with Gasteiger partial charge in [-0.1, -0.05) is 44.2 Å². The zero-order valence-corrected chi connectivity index (χ0v) is 20.0. The van der Waals surface area contributed by atoms with E-state index >= 15 is 0 Å². The molecule has 1 aromatic heterocycles. The summed E-state index contributed by atoms with van der Waals surface area (Å²) in [6.45, 7) is 8.42. The first-order chi connectivity index (χ1) is 14.1. The molecule has 9 heteroatoms. The van der Waals surface area contributed by atoms with Crippen LogP contribution in [-0.2, 0) is 21.6 Å². The molecule has 0 saturated carbocycles. The van der Waals surface area contributed by atoms with E-state index in [4.69, 9.17) is 4.74 Å². The van der Waals surface area contributed by atoms with Crippen LogP contribution >= 0.6 is 13.5 Å². The number of anilines is 1. The van der Waals surface area contributed by atoms with Crippen LogP contribution in [0.4, 0.5) is 10.6 Å². The normalized spacial score (nSPS) is 15.4. The first-order valence-electron chi connectivity index (χ1n) is 10.2. The summed E-state index contributed by atoms with van der Waals surface area (Å²) < 4.78 is 5.95. The molecule has 2 N–H and O–H groups in total. The molecule has 2 heterocycles. The molecule has 31 heavy (non-hydrogen) atoms. The maximum absolute atomic E-state index is 13.2. The number of rotatable bonds is 6. The van der Waals surface area contributed by atoms with E-state index in [-0.39, 0.29) is 31.4 Å². The van der Waals surface area contributed by atoms with E-state index in [1.807, 2.05) is 77.0 Å². The van der Waals surface area contributed by atoms with Crippen molar-refractivity contribution in [1.29, 1.82) is 0 Å². The van der Waals surface area contributed by atoms with Gasteiger partial charge in [0.15, 0.2) is 5.82 Å². The van der Waals surface area contributed by atoms with Crippen molar-refractivity contribution in [1.82, 2.24) is 20.0 Å². The molecule has 0 radical (unpaired) electrons. The van der Waals surface area contributed by atoms with Crippen molar-refractivity contribution in [2.75, 3.05) is 26.0 Å². The fourth-order valence-electron chi connectivity index (χ4n) is 3.57. The van der Waals surface area contributed by atoms with Gasteiger partial charge < -0.3 is 15.0 Å². The Hall–Kier alpha value is -2.52. The summed E-state index contributed by atoms with van der Waals surface area (Å²) >= 11 is 0. The molecule has 3 rings (SSSR count). The second-order valence-corrected chi connectivity index (χ2v) is 8.76. The lowest BCUT2D eigenvalue weighted by molar-refractivity contribution is -0.118. The second kappa shape index (κ2) is 9.74. The predicted octanol–water partition coefficient (Wildman–Crippen LogP) is 3.61. The van der Waals surface area contributed by atoms with Crippen LogP contribution in [0.25, 0.3) is 0 Å². The predicted molar refractivity (Wildman–Crippen MR) is 125 cm³/mol. The van der Waals surface area contributed by atoms with Crippen molar-refractivity contribution in [2.24, 2.45) is 5.92 Å². The van der Waals surface area contributed by atoms with E-state index in [1.165, 1.54) is 0 Å². The maximum Gasteiger partial charge on any atom is 0.411 e. The van der Waals surface area contributed by atoms with Crippen LogP contribution in [0.5, 0.6) is 0 Å². The quantitative estimate of drug-likeness (QED) is 0.706. The van der Waals surface area contributed by atoms with Crippen molar-refractivity contribution in [3.63, 3.8) is 0 Å². The fourth-order valence-corrected chi connectivity index (χ4v) is 3.57. The molecule has 8 nitrogen and oxygen atoms in total. The zero-order chi connectivity index (χ0) is 22.1. The molecule has 1 atom stereocenters. The summed E-state index contributed by atoms with van der Waals surface area (Å²) in [5.41, 5.74) is 1.93. The third-order valence-corrected chi connectivity index (χ3v) is 5.40. The summed E-state index contributed by atoms with van der Waals surface area (Å²) in [7, 11) is 3.90. The van der Waals surface area contributed by atoms with Gasteiger partial charge in [0.25, 0.3) is 0 Å². The molecule has 0 fully saturated rings. The average Bonchev–Trinajstić information content (AvgIpc) is 3.20. The Morgan fingerprint density at radius 2 is 1.90 bits per heavy atom. The van der Waals surface area contributed by atoms with Crippen molar-refractivity contribution in [2.45, 2.75) is 45.9 Å². The highest BCUT2D eigenvalue weighted by atomic mass is 32.1. The molecule has 1 aliphatic heterocycles. The molecular formula is C22H33N5O3S. The summed E-state index contributed by atoms with van der Waals surface area (Å²) in [5.74, 6) is 0.198. The molecule has 0 bridgehead atoms. The highest BCUT2D eigenvalue weighted by Gasteiger charge is 2.45. The van der Waals surface area contributed by atoms with Gasteiger partial charge in [-0.2, -0.15) is 18.6 Å². The third kappa shape index (κ3) is 5.22. The van der Waals surface area contributed by atoms with E-state index in [1.54, 1.807) is 4.90 Å². The lowest BCUT2D eigenvalue weighted by Crippen LogP contribution is -2.42. The number of likely N-dealkylation sites (N-methyl/N-ethyl adjacent to an activating group) is 1. The van der Waals surface area contributed by atoms with Crippen molar-refractivity contribution < 1.29 is 14.3 Å². The number of aromatic amines is 1. The van der Waals surface area contributed by atoms with Gasteiger partial charge in [0.2, 0.25) is 5.91 Å². The smallest absolute Gasteiger partial charge is 0.411 e.